The van der Waals surface area contributed by atoms with E-state index in [0.29, 0.717) is 0 Å². The summed E-state index contributed by atoms with van der Waals surface area (Å²) in [6.45, 7) is 0. The first-order valence-electron chi connectivity index (χ1n) is 17.2. The highest BCUT2D eigenvalue weighted by Crippen LogP contribution is 2.40. The molecule has 11 aromatic rings. The van der Waals surface area contributed by atoms with Crippen LogP contribution in [-0.2, 0) is 0 Å². The molecule has 0 atom stereocenters. The molecule has 0 amide bonds. The largest absolute Gasteiger partial charge is 0.309 e. The van der Waals surface area contributed by atoms with Gasteiger partial charge in [-0.3, -0.25) is 0 Å². The van der Waals surface area contributed by atoms with Crippen molar-refractivity contribution >= 4 is 85.6 Å². The third-order valence-corrected chi connectivity index (χ3v) is 11.6. The average Bonchev–Trinajstić information content (AvgIpc) is 3.70. The van der Waals surface area contributed by atoms with Crippen LogP contribution in [0.15, 0.2) is 176 Å². The first-order valence-corrected chi connectivity index (χ1v) is 18.0. The van der Waals surface area contributed by atoms with E-state index >= 15 is 0 Å². The Morgan fingerprint density at radius 2 is 0.820 bits per heavy atom. The number of rotatable bonds is 3. The summed E-state index contributed by atoms with van der Waals surface area (Å²) in [4.78, 5) is 0. The van der Waals surface area contributed by atoms with E-state index in [9.17, 15) is 0 Å². The lowest BCUT2D eigenvalue weighted by Crippen LogP contribution is -1.93. The number of nitrogens with zero attached hydrogens (tertiary/aromatic N) is 1. The minimum absolute atomic E-state index is 1.19. The van der Waals surface area contributed by atoms with E-state index in [0.717, 1.165) is 0 Å². The molecular weight excluding hydrogens is 623 g/mol. The van der Waals surface area contributed by atoms with Gasteiger partial charge in [0, 0.05) is 36.6 Å². The van der Waals surface area contributed by atoms with Crippen molar-refractivity contribution in [3.05, 3.63) is 176 Å². The summed E-state index contributed by atoms with van der Waals surface area (Å²) < 4.78 is 5.10. The lowest BCUT2D eigenvalue weighted by molar-refractivity contribution is 1.19. The molecule has 0 aliphatic carbocycles. The van der Waals surface area contributed by atoms with Gasteiger partial charge in [-0.05, 0) is 121 Å². The van der Waals surface area contributed by atoms with Crippen molar-refractivity contribution in [2.24, 2.45) is 0 Å². The van der Waals surface area contributed by atoms with Crippen LogP contribution in [-0.4, -0.2) is 4.57 Å². The maximum absolute atomic E-state index is 2.44. The number of fused-ring (bicyclic) bond motifs is 9. The van der Waals surface area contributed by atoms with Crippen LogP contribution in [0.25, 0.3) is 102 Å². The van der Waals surface area contributed by atoms with Crippen LogP contribution >= 0.6 is 11.3 Å². The predicted octanol–water partition coefficient (Wildman–Crippen LogP) is 13.9. The molecule has 1 nitrogen and oxygen atoms in total. The monoisotopic (exact) mass is 651 g/mol. The Morgan fingerprint density at radius 3 is 1.56 bits per heavy atom. The van der Waals surface area contributed by atoms with E-state index < -0.39 is 0 Å². The van der Waals surface area contributed by atoms with Crippen molar-refractivity contribution in [3.8, 4) is 27.9 Å². The highest BCUT2D eigenvalue weighted by atomic mass is 32.1. The summed E-state index contributed by atoms with van der Waals surface area (Å²) in [5.74, 6) is 0. The second-order valence-corrected chi connectivity index (χ2v) is 14.5. The number of para-hydroxylation sites is 1. The van der Waals surface area contributed by atoms with Crippen molar-refractivity contribution in [2.45, 2.75) is 0 Å². The number of hydrogen-bond acceptors (Lipinski definition) is 1. The summed E-state index contributed by atoms with van der Waals surface area (Å²) in [5.41, 5.74) is 8.59. The molecule has 0 radical (unpaired) electrons. The Morgan fingerprint density at radius 1 is 0.300 bits per heavy atom. The summed E-state index contributed by atoms with van der Waals surface area (Å²) in [5, 5.41) is 12.8. The maximum atomic E-state index is 2.44. The van der Waals surface area contributed by atoms with Crippen LogP contribution in [0.1, 0.15) is 0 Å². The zero-order valence-corrected chi connectivity index (χ0v) is 27.9. The molecule has 0 aliphatic heterocycles. The molecule has 0 N–H and O–H groups in total. The quantitative estimate of drug-likeness (QED) is 0.179. The van der Waals surface area contributed by atoms with Gasteiger partial charge in [-0.15, -0.1) is 11.3 Å². The number of benzene rings is 9. The van der Waals surface area contributed by atoms with Gasteiger partial charge in [0.2, 0.25) is 0 Å². The van der Waals surface area contributed by atoms with Crippen LogP contribution in [0, 0.1) is 0 Å². The van der Waals surface area contributed by atoms with E-state index in [2.05, 4.69) is 180 Å². The number of aromatic nitrogens is 1. The van der Waals surface area contributed by atoms with Crippen LogP contribution in [0.5, 0.6) is 0 Å². The van der Waals surface area contributed by atoms with Gasteiger partial charge in [-0.1, -0.05) is 109 Å². The molecule has 0 bridgehead atoms. The van der Waals surface area contributed by atoms with Crippen molar-refractivity contribution in [1.82, 2.24) is 4.57 Å². The third-order valence-electron chi connectivity index (χ3n) is 10.5. The van der Waals surface area contributed by atoms with Gasteiger partial charge in [0.05, 0.1) is 11.0 Å². The highest BCUT2D eigenvalue weighted by molar-refractivity contribution is 7.25. The lowest BCUT2D eigenvalue weighted by atomic mass is 9.96. The fourth-order valence-electron chi connectivity index (χ4n) is 7.99. The maximum Gasteiger partial charge on any atom is 0.0541 e. The minimum Gasteiger partial charge on any atom is -0.309 e. The molecule has 0 aliphatic rings. The topological polar surface area (TPSA) is 4.93 Å². The van der Waals surface area contributed by atoms with E-state index in [-0.39, 0.29) is 0 Å². The molecule has 232 valence electrons. The van der Waals surface area contributed by atoms with Crippen molar-refractivity contribution in [2.75, 3.05) is 0 Å². The summed E-state index contributed by atoms with van der Waals surface area (Å²) in [6, 6.07) is 65.1. The van der Waals surface area contributed by atoms with Gasteiger partial charge in [-0.2, -0.15) is 0 Å². The predicted molar refractivity (Wildman–Crippen MR) is 217 cm³/mol. The van der Waals surface area contributed by atoms with E-state index in [1.807, 2.05) is 11.3 Å². The fourth-order valence-corrected chi connectivity index (χ4v) is 9.11. The second-order valence-electron chi connectivity index (χ2n) is 13.4. The summed E-state index contributed by atoms with van der Waals surface area (Å²) >= 11 is 1.88. The zero-order valence-electron chi connectivity index (χ0n) is 27.1. The SMILES string of the molecule is c1ccc2cc(-c3ccc4cc(-c5ccc6c(c5)c5ccccc5n6-c5ccc6sc7cc8ccccc8cc7c6c5)ccc4c3)ccc2c1. The standard InChI is InChI=1S/C48H29NS/c1-2-8-31-23-34(14-13-30(31)7-1)35-15-16-37-25-38(18-17-36(37)24-35)39-19-21-46-42(26-39)41-11-5-6-12-45(41)49(46)40-20-22-47-44(29-40)43-27-32-9-3-4-10-33(32)28-48(43)50-47/h1-29H. The highest BCUT2D eigenvalue weighted by Gasteiger charge is 2.15. The van der Waals surface area contributed by atoms with Crippen LogP contribution in [0.4, 0.5) is 0 Å². The number of hydrogen-bond donors (Lipinski definition) is 0. The Bertz CT molecular complexity index is 3160. The summed E-state index contributed by atoms with van der Waals surface area (Å²) in [7, 11) is 0. The molecule has 11 rings (SSSR count). The first kappa shape index (κ1) is 27.7. The normalized spacial score (nSPS) is 12.0. The van der Waals surface area contributed by atoms with Gasteiger partial charge in [0.25, 0.3) is 0 Å². The lowest BCUT2D eigenvalue weighted by Gasteiger charge is -2.10. The minimum atomic E-state index is 1.19. The fraction of sp³-hybridized carbons (Fsp3) is 0. The van der Waals surface area contributed by atoms with Crippen molar-refractivity contribution in [1.29, 1.82) is 0 Å². The molecule has 0 spiro atoms. The molecule has 0 saturated carbocycles. The molecule has 2 heteroatoms. The van der Waals surface area contributed by atoms with E-state index in [4.69, 9.17) is 0 Å². The molecule has 50 heavy (non-hydrogen) atoms. The van der Waals surface area contributed by atoms with Gasteiger partial charge in [0.15, 0.2) is 0 Å². The smallest absolute Gasteiger partial charge is 0.0541 e. The zero-order chi connectivity index (χ0) is 32.8. The van der Waals surface area contributed by atoms with Crippen molar-refractivity contribution < 1.29 is 0 Å². The van der Waals surface area contributed by atoms with Gasteiger partial charge in [-0.25, -0.2) is 0 Å². The molecule has 0 fully saturated rings. The van der Waals surface area contributed by atoms with Gasteiger partial charge in [0.1, 0.15) is 0 Å². The molecule has 2 aromatic heterocycles. The van der Waals surface area contributed by atoms with Gasteiger partial charge < -0.3 is 4.57 Å². The molecule has 0 unspecified atom stereocenters. The molecule has 0 saturated heterocycles. The van der Waals surface area contributed by atoms with Crippen LogP contribution < -0.4 is 0 Å². The number of thiophene rings is 1. The molecular formula is C48H29NS. The van der Waals surface area contributed by atoms with E-state index in [1.165, 1.54) is 102 Å². The summed E-state index contributed by atoms with van der Waals surface area (Å²) in [6.07, 6.45) is 0. The Hall–Kier alpha value is -6.22. The molecule has 9 aromatic carbocycles. The van der Waals surface area contributed by atoms with Crippen LogP contribution in [0.3, 0.4) is 0 Å². The van der Waals surface area contributed by atoms with E-state index in [1.54, 1.807) is 0 Å². The van der Waals surface area contributed by atoms with Gasteiger partial charge >= 0.3 is 0 Å². The average molecular weight is 652 g/mol. The second kappa shape index (κ2) is 10.6. The molecule has 2 heterocycles. The first-order chi connectivity index (χ1) is 24.7. The Balaban J connectivity index is 1.02. The van der Waals surface area contributed by atoms with Crippen molar-refractivity contribution in [3.63, 3.8) is 0 Å². The third kappa shape index (κ3) is 4.26. The Kier molecular flexibility index (Phi) is 5.89. The van der Waals surface area contributed by atoms with Crippen LogP contribution in [0.2, 0.25) is 0 Å². The Labute approximate surface area is 292 Å².